The molecule has 2 atom stereocenters. The minimum absolute atomic E-state index is 0.130. The lowest BCUT2D eigenvalue weighted by Crippen LogP contribution is -2.51. The first-order valence-corrected chi connectivity index (χ1v) is 7.78. The monoisotopic (exact) mass is 325 g/mol. The molecule has 5 nitrogen and oxygen atoms in total. The van der Waals surface area contributed by atoms with Gasteiger partial charge in [-0.1, -0.05) is 25.4 Å². The van der Waals surface area contributed by atoms with Gasteiger partial charge in [-0.15, -0.1) is 0 Å². The molecule has 1 aromatic carbocycles. The lowest BCUT2D eigenvalue weighted by Gasteiger charge is -2.22. The Morgan fingerprint density at radius 1 is 1.14 bits per heavy atom. The van der Waals surface area contributed by atoms with Gasteiger partial charge in [0.15, 0.2) is 0 Å². The van der Waals surface area contributed by atoms with Crippen LogP contribution in [0, 0.1) is 5.92 Å². The highest BCUT2D eigenvalue weighted by atomic mass is 35.5. The summed E-state index contributed by atoms with van der Waals surface area (Å²) in [6.45, 7) is 6.18. The molecule has 0 heterocycles. The molecule has 1 rings (SSSR count). The molecule has 122 valence electrons. The first kappa shape index (κ1) is 18.5. The molecule has 0 fully saturated rings. The van der Waals surface area contributed by atoms with E-state index in [1.165, 1.54) is 0 Å². The summed E-state index contributed by atoms with van der Waals surface area (Å²) < 4.78 is 0. The van der Waals surface area contributed by atoms with Crippen molar-refractivity contribution in [1.82, 2.24) is 10.6 Å². The largest absolute Gasteiger partial charge is 0.351 e. The number of hydrogen-bond acceptors (Lipinski definition) is 3. The van der Waals surface area contributed by atoms with Crippen LogP contribution in [0.5, 0.6) is 0 Å². The van der Waals surface area contributed by atoms with E-state index in [-0.39, 0.29) is 23.8 Å². The Hall–Kier alpha value is -1.59. The molecular weight excluding hydrogens is 302 g/mol. The second-order valence-electron chi connectivity index (χ2n) is 5.81. The Bertz CT molecular complexity index is 503. The van der Waals surface area contributed by atoms with Crippen LogP contribution >= 0.6 is 11.6 Å². The molecular formula is C16H24ClN3O2. The van der Waals surface area contributed by atoms with Crippen LogP contribution < -0.4 is 16.4 Å². The van der Waals surface area contributed by atoms with E-state index in [0.717, 1.165) is 0 Å². The lowest BCUT2D eigenvalue weighted by atomic mass is 10.0. The van der Waals surface area contributed by atoms with Crippen LogP contribution in [0.3, 0.4) is 0 Å². The van der Waals surface area contributed by atoms with E-state index >= 15 is 0 Å². The van der Waals surface area contributed by atoms with Crippen LogP contribution in [0.15, 0.2) is 24.3 Å². The zero-order valence-corrected chi connectivity index (χ0v) is 14.0. The highest BCUT2D eigenvalue weighted by Gasteiger charge is 2.23. The Morgan fingerprint density at radius 3 is 2.23 bits per heavy atom. The third-order valence-corrected chi connectivity index (χ3v) is 3.43. The molecule has 4 N–H and O–H groups in total. The van der Waals surface area contributed by atoms with Crippen molar-refractivity contribution in [2.45, 2.75) is 39.3 Å². The maximum Gasteiger partial charge on any atom is 0.251 e. The van der Waals surface area contributed by atoms with Crippen LogP contribution in [0.4, 0.5) is 0 Å². The van der Waals surface area contributed by atoms with E-state index in [1.807, 2.05) is 20.8 Å². The highest BCUT2D eigenvalue weighted by Crippen LogP contribution is 2.11. The number of nitrogens with two attached hydrogens (primary N) is 1. The number of carbonyl (C=O) groups is 2. The zero-order valence-electron chi connectivity index (χ0n) is 13.2. The van der Waals surface area contributed by atoms with Gasteiger partial charge in [-0.25, -0.2) is 0 Å². The molecule has 0 saturated carbocycles. The molecule has 0 radical (unpaired) electrons. The number of halogens is 1. The summed E-state index contributed by atoms with van der Waals surface area (Å²) in [6, 6.07) is 5.83. The van der Waals surface area contributed by atoms with Gasteiger partial charge in [0.25, 0.3) is 5.91 Å². The normalized spacial score (nSPS) is 13.5. The lowest BCUT2D eigenvalue weighted by molar-refractivity contribution is -0.123. The number of benzene rings is 1. The third-order valence-electron chi connectivity index (χ3n) is 3.18. The predicted octanol–water partition coefficient (Wildman–Crippen LogP) is 1.95. The molecule has 0 saturated heterocycles. The Kier molecular flexibility index (Phi) is 7.35. The molecule has 0 aliphatic rings. The minimum Gasteiger partial charge on any atom is -0.351 e. The summed E-state index contributed by atoms with van der Waals surface area (Å²) in [5.74, 6) is -0.235. The van der Waals surface area contributed by atoms with Crippen LogP contribution in [0.25, 0.3) is 0 Å². The van der Waals surface area contributed by atoms with Gasteiger partial charge in [-0.05, 0) is 43.5 Å². The van der Waals surface area contributed by atoms with Gasteiger partial charge < -0.3 is 16.4 Å². The summed E-state index contributed by atoms with van der Waals surface area (Å²) in [5.41, 5.74) is 5.98. The SMILES string of the molecule is CC(C)CC(NC(=O)c1ccc(Cl)cc1)C(=O)N[C@@H](C)CN. The average Bonchev–Trinajstić information content (AvgIpc) is 2.46. The van der Waals surface area contributed by atoms with E-state index in [2.05, 4.69) is 10.6 Å². The van der Waals surface area contributed by atoms with Crippen molar-refractivity contribution in [2.75, 3.05) is 6.54 Å². The van der Waals surface area contributed by atoms with Crippen molar-refractivity contribution in [1.29, 1.82) is 0 Å². The van der Waals surface area contributed by atoms with E-state index < -0.39 is 6.04 Å². The van der Waals surface area contributed by atoms with E-state index in [9.17, 15) is 9.59 Å². The molecule has 1 unspecified atom stereocenters. The molecule has 0 aliphatic carbocycles. The van der Waals surface area contributed by atoms with Crippen molar-refractivity contribution in [2.24, 2.45) is 11.7 Å². The second kappa shape index (κ2) is 8.76. The average molecular weight is 326 g/mol. The molecule has 2 amide bonds. The second-order valence-corrected chi connectivity index (χ2v) is 6.24. The first-order chi connectivity index (χ1) is 10.3. The van der Waals surface area contributed by atoms with Gasteiger partial charge >= 0.3 is 0 Å². The molecule has 0 aromatic heterocycles. The predicted molar refractivity (Wildman–Crippen MR) is 88.8 cm³/mol. The van der Waals surface area contributed by atoms with E-state index in [4.69, 9.17) is 17.3 Å². The number of hydrogen-bond donors (Lipinski definition) is 3. The van der Waals surface area contributed by atoms with Gasteiger partial charge in [0.05, 0.1) is 0 Å². The van der Waals surface area contributed by atoms with Gasteiger partial charge in [0.2, 0.25) is 5.91 Å². The van der Waals surface area contributed by atoms with E-state index in [0.29, 0.717) is 23.6 Å². The summed E-state index contributed by atoms with van der Waals surface area (Å²) in [4.78, 5) is 24.5. The maximum absolute atomic E-state index is 12.3. The topological polar surface area (TPSA) is 84.2 Å². The molecule has 1 aromatic rings. The maximum atomic E-state index is 12.3. The van der Waals surface area contributed by atoms with Crippen molar-refractivity contribution < 1.29 is 9.59 Å². The fourth-order valence-electron chi connectivity index (χ4n) is 1.95. The summed E-state index contributed by atoms with van der Waals surface area (Å²) in [6.07, 6.45) is 0.558. The minimum atomic E-state index is -0.586. The van der Waals surface area contributed by atoms with Gasteiger partial charge in [-0.2, -0.15) is 0 Å². The smallest absolute Gasteiger partial charge is 0.251 e. The van der Waals surface area contributed by atoms with Crippen molar-refractivity contribution >= 4 is 23.4 Å². The number of carbonyl (C=O) groups excluding carboxylic acids is 2. The van der Waals surface area contributed by atoms with Gasteiger partial charge in [0.1, 0.15) is 6.04 Å². The number of rotatable bonds is 7. The van der Waals surface area contributed by atoms with Crippen LogP contribution in [-0.4, -0.2) is 30.4 Å². The summed E-state index contributed by atoms with van der Waals surface area (Å²) >= 11 is 5.81. The van der Waals surface area contributed by atoms with Gasteiger partial charge in [0, 0.05) is 23.2 Å². The molecule has 0 spiro atoms. The van der Waals surface area contributed by atoms with Crippen LogP contribution in [0.1, 0.15) is 37.6 Å². The Labute approximate surface area is 136 Å². The van der Waals surface area contributed by atoms with E-state index in [1.54, 1.807) is 24.3 Å². The fourth-order valence-corrected chi connectivity index (χ4v) is 2.07. The summed E-state index contributed by atoms with van der Waals surface area (Å²) in [5, 5.41) is 6.14. The Balaban J connectivity index is 2.77. The van der Waals surface area contributed by atoms with Crippen molar-refractivity contribution in [3.8, 4) is 0 Å². The van der Waals surface area contributed by atoms with Gasteiger partial charge in [-0.3, -0.25) is 9.59 Å². The standard InChI is InChI=1S/C16H24ClN3O2/c1-10(2)8-14(16(22)19-11(3)9-18)20-15(21)12-4-6-13(17)7-5-12/h4-7,10-11,14H,8-9,18H2,1-3H3,(H,19,22)(H,20,21)/t11-,14?/m0/s1. The molecule has 22 heavy (non-hydrogen) atoms. The number of nitrogens with one attached hydrogen (secondary N) is 2. The Morgan fingerprint density at radius 2 is 1.73 bits per heavy atom. The quantitative estimate of drug-likeness (QED) is 0.716. The molecule has 0 bridgehead atoms. The first-order valence-electron chi connectivity index (χ1n) is 7.40. The zero-order chi connectivity index (χ0) is 16.7. The van der Waals surface area contributed by atoms with Crippen LogP contribution in [0.2, 0.25) is 5.02 Å². The summed E-state index contributed by atoms with van der Waals surface area (Å²) in [7, 11) is 0. The number of amides is 2. The van der Waals surface area contributed by atoms with Crippen molar-refractivity contribution in [3.63, 3.8) is 0 Å². The molecule has 0 aliphatic heterocycles. The van der Waals surface area contributed by atoms with Crippen molar-refractivity contribution in [3.05, 3.63) is 34.9 Å². The third kappa shape index (κ3) is 6.03. The molecule has 6 heteroatoms. The van der Waals surface area contributed by atoms with Crippen LogP contribution in [-0.2, 0) is 4.79 Å². The highest BCUT2D eigenvalue weighted by molar-refractivity contribution is 6.30. The fraction of sp³-hybridized carbons (Fsp3) is 0.500.